The molecule has 1 heterocycles. The van der Waals surface area contributed by atoms with Crippen LogP contribution in [-0.2, 0) is 9.53 Å². The average Bonchev–Trinajstić information content (AvgIpc) is 2.45. The van der Waals surface area contributed by atoms with Crippen molar-refractivity contribution in [3.63, 3.8) is 0 Å². The SMILES string of the molecule is COC(=O)C1=NNC(C(F)(F)F)[C@@H]1C. The first-order chi connectivity index (χ1) is 6.38. The van der Waals surface area contributed by atoms with Crippen molar-refractivity contribution < 1.29 is 22.7 Å². The monoisotopic (exact) mass is 210 g/mol. The van der Waals surface area contributed by atoms with E-state index in [0.717, 1.165) is 7.11 Å². The normalized spacial score (nSPS) is 26.8. The van der Waals surface area contributed by atoms with Gasteiger partial charge in [0.1, 0.15) is 6.04 Å². The first-order valence-corrected chi connectivity index (χ1v) is 3.86. The Morgan fingerprint density at radius 1 is 1.57 bits per heavy atom. The lowest BCUT2D eigenvalue weighted by molar-refractivity contribution is -0.159. The van der Waals surface area contributed by atoms with E-state index in [1.807, 2.05) is 5.43 Å². The largest absolute Gasteiger partial charge is 0.464 e. The van der Waals surface area contributed by atoms with Gasteiger partial charge in [-0.15, -0.1) is 0 Å². The van der Waals surface area contributed by atoms with E-state index in [1.165, 1.54) is 6.92 Å². The Balaban J connectivity index is 2.76. The number of hydrogen-bond acceptors (Lipinski definition) is 4. The van der Waals surface area contributed by atoms with Gasteiger partial charge in [-0.1, -0.05) is 6.92 Å². The molecule has 0 fully saturated rings. The van der Waals surface area contributed by atoms with Crippen molar-refractivity contribution in [2.45, 2.75) is 19.1 Å². The molecule has 1 N–H and O–H groups in total. The summed E-state index contributed by atoms with van der Waals surface area (Å²) in [6.45, 7) is 1.27. The Morgan fingerprint density at radius 3 is 2.50 bits per heavy atom. The number of nitrogens with one attached hydrogen (secondary N) is 1. The molecule has 80 valence electrons. The molecule has 0 aromatic carbocycles. The molecule has 0 aromatic heterocycles. The zero-order chi connectivity index (χ0) is 10.9. The molecular formula is C7H9F3N2O2. The van der Waals surface area contributed by atoms with Crippen LogP contribution in [0.5, 0.6) is 0 Å². The third kappa shape index (κ3) is 1.80. The molecule has 0 spiro atoms. The third-order valence-corrected chi connectivity index (χ3v) is 2.00. The standard InChI is InChI=1S/C7H9F3N2O2/c1-3-4(6(13)14-2)11-12-5(3)7(8,9)10/h3,5,12H,1-2H3/t3-,5?/m1/s1. The van der Waals surface area contributed by atoms with Crippen LogP contribution in [0.3, 0.4) is 0 Å². The molecule has 1 aliphatic heterocycles. The first kappa shape index (κ1) is 10.8. The molecule has 1 aliphatic rings. The van der Waals surface area contributed by atoms with Gasteiger partial charge in [-0.2, -0.15) is 18.3 Å². The van der Waals surface area contributed by atoms with Crippen LogP contribution in [0.1, 0.15) is 6.92 Å². The van der Waals surface area contributed by atoms with Gasteiger partial charge in [0.05, 0.1) is 7.11 Å². The maximum absolute atomic E-state index is 12.3. The van der Waals surface area contributed by atoms with E-state index in [1.54, 1.807) is 0 Å². The average molecular weight is 210 g/mol. The quantitative estimate of drug-likeness (QED) is 0.647. The van der Waals surface area contributed by atoms with Gasteiger partial charge >= 0.3 is 12.1 Å². The summed E-state index contributed by atoms with van der Waals surface area (Å²) in [6, 6.07) is -1.81. The van der Waals surface area contributed by atoms with E-state index in [-0.39, 0.29) is 5.71 Å². The van der Waals surface area contributed by atoms with Crippen LogP contribution in [-0.4, -0.2) is 31.0 Å². The maximum atomic E-state index is 12.3. The van der Waals surface area contributed by atoms with Crippen molar-refractivity contribution in [3.8, 4) is 0 Å². The van der Waals surface area contributed by atoms with Crippen molar-refractivity contribution in [2.24, 2.45) is 11.0 Å². The number of hydrazone groups is 1. The van der Waals surface area contributed by atoms with E-state index >= 15 is 0 Å². The molecular weight excluding hydrogens is 201 g/mol. The van der Waals surface area contributed by atoms with Crippen molar-refractivity contribution in [1.29, 1.82) is 0 Å². The van der Waals surface area contributed by atoms with Crippen LogP contribution >= 0.6 is 0 Å². The zero-order valence-electron chi connectivity index (χ0n) is 7.55. The third-order valence-electron chi connectivity index (χ3n) is 2.00. The zero-order valence-corrected chi connectivity index (χ0v) is 7.55. The lowest BCUT2D eigenvalue weighted by Gasteiger charge is -2.18. The highest BCUT2D eigenvalue weighted by Gasteiger charge is 2.49. The minimum Gasteiger partial charge on any atom is -0.464 e. The molecule has 0 radical (unpaired) electrons. The number of alkyl halides is 3. The van der Waals surface area contributed by atoms with Gasteiger partial charge in [-0.25, -0.2) is 4.79 Å². The Morgan fingerprint density at radius 2 is 2.14 bits per heavy atom. The summed E-state index contributed by atoms with van der Waals surface area (Å²) < 4.78 is 41.1. The van der Waals surface area contributed by atoms with Crippen molar-refractivity contribution >= 4 is 11.7 Å². The number of halogens is 3. The van der Waals surface area contributed by atoms with E-state index in [0.29, 0.717) is 0 Å². The van der Waals surface area contributed by atoms with Crippen LogP contribution in [0, 0.1) is 5.92 Å². The lowest BCUT2D eigenvalue weighted by atomic mass is 9.98. The molecule has 0 bridgehead atoms. The second kappa shape index (κ2) is 3.47. The molecule has 0 aromatic rings. The fraction of sp³-hybridized carbons (Fsp3) is 0.714. The summed E-state index contributed by atoms with van der Waals surface area (Å²) in [4.78, 5) is 10.9. The molecule has 1 unspecified atom stereocenters. The van der Waals surface area contributed by atoms with Crippen molar-refractivity contribution in [1.82, 2.24) is 5.43 Å². The van der Waals surface area contributed by atoms with E-state index < -0.39 is 24.1 Å². The number of carbonyl (C=O) groups is 1. The minimum absolute atomic E-state index is 0.227. The van der Waals surface area contributed by atoms with Gasteiger partial charge < -0.3 is 4.74 Å². The summed E-state index contributed by atoms with van der Waals surface area (Å²) in [7, 11) is 1.10. The maximum Gasteiger partial charge on any atom is 0.410 e. The first-order valence-electron chi connectivity index (χ1n) is 3.86. The predicted molar refractivity (Wildman–Crippen MR) is 41.6 cm³/mol. The molecule has 0 amide bonds. The molecule has 0 saturated heterocycles. The summed E-state index contributed by atoms with van der Waals surface area (Å²) in [5, 5.41) is 3.31. The van der Waals surface area contributed by atoms with Crippen LogP contribution in [0.15, 0.2) is 5.10 Å². The second-order valence-corrected chi connectivity index (χ2v) is 2.93. The second-order valence-electron chi connectivity index (χ2n) is 2.93. The minimum atomic E-state index is -4.42. The Kier molecular flexibility index (Phi) is 2.68. The lowest BCUT2D eigenvalue weighted by Crippen LogP contribution is -2.42. The van der Waals surface area contributed by atoms with Crippen LogP contribution in [0.2, 0.25) is 0 Å². The van der Waals surface area contributed by atoms with Crippen molar-refractivity contribution in [2.75, 3.05) is 7.11 Å². The molecule has 7 heteroatoms. The predicted octanol–water partition coefficient (Wildman–Crippen LogP) is 0.686. The fourth-order valence-electron chi connectivity index (χ4n) is 1.20. The summed E-state index contributed by atoms with van der Waals surface area (Å²) in [6.07, 6.45) is -4.42. The van der Waals surface area contributed by atoms with Crippen LogP contribution < -0.4 is 5.43 Å². The number of nitrogens with zero attached hydrogens (tertiary/aromatic N) is 1. The molecule has 4 nitrogen and oxygen atoms in total. The van der Waals surface area contributed by atoms with Crippen LogP contribution in [0.25, 0.3) is 0 Å². The summed E-state index contributed by atoms with van der Waals surface area (Å²) in [5.74, 6) is -1.86. The van der Waals surface area contributed by atoms with Gasteiger partial charge in [0.25, 0.3) is 0 Å². The molecule has 1 rings (SSSR count). The van der Waals surface area contributed by atoms with E-state index in [9.17, 15) is 18.0 Å². The van der Waals surface area contributed by atoms with Gasteiger partial charge in [-0.05, 0) is 0 Å². The van der Waals surface area contributed by atoms with Crippen molar-refractivity contribution in [3.05, 3.63) is 0 Å². The number of hydrogen-bond donors (Lipinski definition) is 1. The Labute approximate surface area is 78.1 Å². The molecule has 0 saturated carbocycles. The van der Waals surface area contributed by atoms with Gasteiger partial charge in [-0.3, -0.25) is 5.43 Å². The highest BCUT2D eigenvalue weighted by molar-refractivity contribution is 6.37. The molecule has 0 aliphatic carbocycles. The van der Waals surface area contributed by atoms with Crippen LogP contribution in [0.4, 0.5) is 13.2 Å². The highest BCUT2D eigenvalue weighted by atomic mass is 19.4. The van der Waals surface area contributed by atoms with Gasteiger partial charge in [0.15, 0.2) is 5.71 Å². The van der Waals surface area contributed by atoms with Gasteiger partial charge in [0.2, 0.25) is 0 Å². The number of methoxy groups -OCH3 is 1. The summed E-state index contributed by atoms with van der Waals surface area (Å²) in [5.41, 5.74) is 1.65. The Hall–Kier alpha value is -1.27. The highest BCUT2D eigenvalue weighted by Crippen LogP contribution is 2.29. The number of carbonyl (C=O) groups excluding carboxylic acids is 1. The molecule has 2 atom stereocenters. The van der Waals surface area contributed by atoms with E-state index in [2.05, 4.69) is 9.84 Å². The fourth-order valence-corrected chi connectivity index (χ4v) is 1.20. The van der Waals surface area contributed by atoms with E-state index in [4.69, 9.17) is 0 Å². The Bertz CT molecular complexity index is 275. The summed E-state index contributed by atoms with van der Waals surface area (Å²) >= 11 is 0. The number of rotatable bonds is 1. The smallest absolute Gasteiger partial charge is 0.410 e. The van der Waals surface area contributed by atoms with Gasteiger partial charge in [0, 0.05) is 5.92 Å². The number of ether oxygens (including phenoxy) is 1. The number of esters is 1. The topological polar surface area (TPSA) is 50.7 Å². The molecule has 14 heavy (non-hydrogen) atoms.